The Kier molecular flexibility index (Phi) is 8.41. The molecular formula is C20H25ClN4S2. The largest absolute Gasteiger partial charge is 0.341 e. The van der Waals surface area contributed by atoms with Crippen LogP contribution < -0.4 is 10.6 Å². The van der Waals surface area contributed by atoms with Gasteiger partial charge in [0.15, 0.2) is 5.13 Å². The number of rotatable bonds is 9. The van der Waals surface area contributed by atoms with Gasteiger partial charge >= 0.3 is 0 Å². The zero-order valence-corrected chi connectivity index (χ0v) is 18.5. The Hall–Kier alpha value is -1.76. The van der Waals surface area contributed by atoms with Gasteiger partial charge in [0.25, 0.3) is 0 Å². The first kappa shape index (κ1) is 21.5. The van der Waals surface area contributed by atoms with Crippen LogP contribution in [0.5, 0.6) is 0 Å². The zero-order valence-electron chi connectivity index (χ0n) is 16.1. The number of aliphatic imine (C=N–C) groups is 1. The molecule has 0 spiro atoms. The summed E-state index contributed by atoms with van der Waals surface area (Å²) >= 11 is 9.56. The summed E-state index contributed by atoms with van der Waals surface area (Å²) in [7, 11) is 0. The van der Waals surface area contributed by atoms with Crippen LogP contribution in [0.25, 0.3) is 0 Å². The lowest BCUT2D eigenvalue weighted by atomic mass is 10.2. The van der Waals surface area contributed by atoms with Crippen LogP contribution >= 0.6 is 34.7 Å². The minimum absolute atomic E-state index is 0.634. The Bertz CT molecular complexity index is 835. The van der Waals surface area contributed by atoms with E-state index in [2.05, 4.69) is 41.0 Å². The van der Waals surface area contributed by atoms with E-state index in [1.54, 1.807) is 23.1 Å². The maximum atomic E-state index is 6.24. The molecule has 0 bridgehead atoms. The van der Waals surface area contributed by atoms with Crippen LogP contribution in [0.15, 0.2) is 57.8 Å². The summed E-state index contributed by atoms with van der Waals surface area (Å²) in [5.74, 6) is 1.47. The molecule has 0 radical (unpaired) electrons. The second-order valence-electron chi connectivity index (χ2n) is 6.13. The maximum Gasteiger partial charge on any atom is 0.189 e. The van der Waals surface area contributed by atoms with Crippen molar-refractivity contribution in [3.8, 4) is 0 Å². The summed E-state index contributed by atoms with van der Waals surface area (Å²) < 4.78 is 1.13. The minimum Gasteiger partial charge on any atom is -0.341 e. The number of hydrogen-bond donors (Lipinski definition) is 2. The summed E-state index contributed by atoms with van der Waals surface area (Å²) in [6, 6.07) is 5.78. The molecule has 1 aromatic heterocycles. The van der Waals surface area contributed by atoms with E-state index >= 15 is 0 Å². The van der Waals surface area contributed by atoms with Gasteiger partial charge in [-0.15, -0.1) is 11.8 Å². The lowest BCUT2D eigenvalue weighted by Crippen LogP contribution is -2.09. The molecule has 1 aromatic carbocycles. The molecule has 2 N–H and O–H groups in total. The number of aromatic nitrogens is 1. The Morgan fingerprint density at radius 3 is 2.85 bits per heavy atom. The SMILES string of the molecule is C=C(Nc1ncc(SCC(C)=N/C=C(\C)CC)s1)Nc1c(C)cccc1Cl. The van der Waals surface area contributed by atoms with E-state index in [0.29, 0.717) is 10.8 Å². The average Bonchev–Trinajstić information content (AvgIpc) is 3.08. The second-order valence-corrected chi connectivity index (χ2v) is 8.84. The summed E-state index contributed by atoms with van der Waals surface area (Å²) in [6.07, 6.45) is 4.84. The van der Waals surface area contributed by atoms with E-state index < -0.39 is 0 Å². The molecule has 1 heterocycles. The summed E-state index contributed by atoms with van der Waals surface area (Å²) in [6.45, 7) is 12.3. The predicted octanol–water partition coefficient (Wildman–Crippen LogP) is 6.97. The molecule has 0 saturated carbocycles. The van der Waals surface area contributed by atoms with Crippen LogP contribution in [0, 0.1) is 6.92 Å². The quantitative estimate of drug-likeness (QED) is 0.339. The van der Waals surface area contributed by atoms with E-state index in [0.717, 1.165) is 38.5 Å². The van der Waals surface area contributed by atoms with E-state index in [1.807, 2.05) is 44.4 Å². The number of anilines is 2. The highest BCUT2D eigenvalue weighted by atomic mass is 35.5. The number of thioether (sulfide) groups is 1. The van der Waals surface area contributed by atoms with Gasteiger partial charge in [0.1, 0.15) is 5.82 Å². The van der Waals surface area contributed by atoms with Crippen LogP contribution in [-0.4, -0.2) is 16.4 Å². The van der Waals surface area contributed by atoms with Crippen molar-refractivity contribution >= 4 is 51.2 Å². The molecule has 144 valence electrons. The molecule has 7 heteroatoms. The average molecular weight is 421 g/mol. The van der Waals surface area contributed by atoms with Crippen molar-refractivity contribution in [2.24, 2.45) is 4.99 Å². The van der Waals surface area contributed by atoms with Gasteiger partial charge in [-0.3, -0.25) is 4.99 Å². The molecule has 0 aliphatic rings. The molecule has 2 rings (SSSR count). The highest BCUT2D eigenvalue weighted by Crippen LogP contribution is 2.30. The molecule has 0 saturated heterocycles. The van der Waals surface area contributed by atoms with Crippen molar-refractivity contribution in [3.05, 3.63) is 59.2 Å². The number of hydrogen-bond acceptors (Lipinski definition) is 6. The fourth-order valence-electron chi connectivity index (χ4n) is 2.01. The first-order chi connectivity index (χ1) is 12.9. The normalized spacial score (nSPS) is 12.2. The van der Waals surface area contributed by atoms with Gasteiger partial charge in [-0.2, -0.15) is 0 Å². The molecular weight excluding hydrogens is 396 g/mol. The van der Waals surface area contributed by atoms with E-state index in [-0.39, 0.29) is 0 Å². The Morgan fingerprint density at radius 2 is 2.15 bits per heavy atom. The molecule has 0 aliphatic heterocycles. The molecule has 0 amide bonds. The maximum absolute atomic E-state index is 6.24. The van der Waals surface area contributed by atoms with Crippen LogP contribution in [0.1, 0.15) is 32.8 Å². The van der Waals surface area contributed by atoms with Gasteiger partial charge in [0, 0.05) is 17.7 Å². The van der Waals surface area contributed by atoms with Gasteiger partial charge in [-0.1, -0.05) is 54.1 Å². The zero-order chi connectivity index (χ0) is 19.8. The third-order valence-corrected chi connectivity index (χ3v) is 6.30. The predicted molar refractivity (Wildman–Crippen MR) is 123 cm³/mol. The standard InChI is InChI=1S/C20H25ClN4S2/c1-6-13(2)10-22-15(4)12-26-18-11-23-20(27-18)25-16(5)24-19-14(3)8-7-9-17(19)21/h7-11,24H,5-6,12H2,1-4H3,(H,23,25)/b13-10+,22-15?. The first-order valence-electron chi connectivity index (χ1n) is 8.64. The summed E-state index contributed by atoms with van der Waals surface area (Å²) in [5.41, 5.74) is 4.28. The van der Waals surface area contributed by atoms with Crippen molar-refractivity contribution in [2.75, 3.05) is 16.4 Å². The van der Waals surface area contributed by atoms with Gasteiger partial charge < -0.3 is 10.6 Å². The van der Waals surface area contributed by atoms with Crippen LogP contribution in [0.3, 0.4) is 0 Å². The fraction of sp³-hybridized carbons (Fsp3) is 0.300. The van der Waals surface area contributed by atoms with Gasteiger partial charge in [-0.05, 0) is 38.8 Å². The number of benzene rings is 1. The molecule has 4 nitrogen and oxygen atoms in total. The third kappa shape index (κ3) is 7.05. The number of nitrogens with one attached hydrogen (secondary N) is 2. The first-order valence-corrected chi connectivity index (χ1v) is 10.8. The number of para-hydroxylation sites is 1. The van der Waals surface area contributed by atoms with Crippen LogP contribution in [0.4, 0.5) is 10.8 Å². The molecule has 27 heavy (non-hydrogen) atoms. The number of thiazole rings is 1. The minimum atomic E-state index is 0.634. The van der Waals surface area contributed by atoms with E-state index in [1.165, 1.54) is 5.57 Å². The number of allylic oxidation sites excluding steroid dienone is 1. The Morgan fingerprint density at radius 1 is 1.37 bits per heavy atom. The van der Waals surface area contributed by atoms with Gasteiger partial charge in [0.05, 0.1) is 21.1 Å². The fourth-order valence-corrected chi connectivity index (χ4v) is 4.06. The number of nitrogens with zero attached hydrogens (tertiary/aromatic N) is 2. The van der Waals surface area contributed by atoms with Crippen molar-refractivity contribution in [1.82, 2.24) is 4.98 Å². The number of aryl methyl sites for hydroxylation is 1. The monoisotopic (exact) mass is 420 g/mol. The van der Waals surface area contributed by atoms with Crippen LogP contribution in [0.2, 0.25) is 5.02 Å². The van der Waals surface area contributed by atoms with Crippen molar-refractivity contribution in [1.29, 1.82) is 0 Å². The molecule has 0 fully saturated rings. The topological polar surface area (TPSA) is 49.3 Å². The van der Waals surface area contributed by atoms with Crippen LogP contribution in [-0.2, 0) is 0 Å². The molecule has 0 unspecified atom stereocenters. The van der Waals surface area contributed by atoms with Crippen molar-refractivity contribution in [2.45, 2.75) is 38.3 Å². The third-order valence-electron chi connectivity index (χ3n) is 3.73. The van der Waals surface area contributed by atoms with Crippen molar-refractivity contribution < 1.29 is 0 Å². The molecule has 0 atom stereocenters. The molecule has 2 aromatic rings. The number of halogens is 1. The molecule has 0 aliphatic carbocycles. The van der Waals surface area contributed by atoms with E-state index in [4.69, 9.17) is 11.6 Å². The van der Waals surface area contributed by atoms with Crippen molar-refractivity contribution in [3.63, 3.8) is 0 Å². The Labute approximate surface area is 174 Å². The van der Waals surface area contributed by atoms with E-state index in [9.17, 15) is 0 Å². The van der Waals surface area contributed by atoms with Gasteiger partial charge in [-0.25, -0.2) is 4.98 Å². The highest BCUT2D eigenvalue weighted by Gasteiger charge is 2.07. The Balaban J connectivity index is 1.89. The highest BCUT2D eigenvalue weighted by molar-refractivity contribution is 8.01. The summed E-state index contributed by atoms with van der Waals surface area (Å²) in [4.78, 5) is 8.90. The van der Waals surface area contributed by atoms with Gasteiger partial charge in [0.2, 0.25) is 0 Å². The smallest absolute Gasteiger partial charge is 0.189 e. The lowest BCUT2D eigenvalue weighted by Gasteiger charge is -2.13. The lowest BCUT2D eigenvalue weighted by molar-refractivity contribution is 1.09. The summed E-state index contributed by atoms with van der Waals surface area (Å²) in [5, 5.41) is 7.86. The second kappa shape index (κ2) is 10.5.